The largest absolute Gasteiger partial charge is 0.395 e. The molecule has 7 heteroatoms. The van der Waals surface area contributed by atoms with Gasteiger partial charge in [-0.1, -0.05) is 43.3 Å². The lowest BCUT2D eigenvalue weighted by molar-refractivity contribution is 0.169. The van der Waals surface area contributed by atoms with Crippen molar-refractivity contribution in [3.8, 4) is 0 Å². The van der Waals surface area contributed by atoms with Crippen LogP contribution in [0.5, 0.6) is 0 Å². The second kappa shape index (κ2) is 9.33. The summed E-state index contributed by atoms with van der Waals surface area (Å²) >= 11 is 0. The maximum absolute atomic E-state index is 12.6. The van der Waals surface area contributed by atoms with Gasteiger partial charge in [0.05, 0.1) is 6.61 Å². The van der Waals surface area contributed by atoms with Crippen LogP contribution >= 0.6 is 0 Å². The number of rotatable bonds is 8. The monoisotopic (exact) mass is 360 g/mol. The molecule has 7 nitrogen and oxygen atoms in total. The first kappa shape index (κ1) is 19.9. The summed E-state index contributed by atoms with van der Waals surface area (Å²) in [6.45, 7) is 8.53. The van der Waals surface area contributed by atoms with Gasteiger partial charge in [-0.2, -0.15) is 4.98 Å². The summed E-state index contributed by atoms with van der Waals surface area (Å²) in [7, 11) is 0. The first-order chi connectivity index (χ1) is 12.4. The number of carbonyl (C=O) groups is 1. The smallest absolute Gasteiger partial charge is 0.318 e. The Hall–Kier alpha value is -2.41. The molecule has 2 amide bonds. The number of nitrogens with one attached hydrogen (secondary N) is 1. The fraction of sp³-hybridized carbons (Fsp3) is 0.526. The van der Waals surface area contributed by atoms with Crippen LogP contribution in [-0.2, 0) is 13.0 Å². The van der Waals surface area contributed by atoms with Crippen molar-refractivity contribution in [3.05, 3.63) is 47.1 Å². The maximum Gasteiger partial charge on any atom is 0.318 e. The Balaban J connectivity index is 2.02. The fourth-order valence-electron chi connectivity index (χ4n) is 2.60. The van der Waals surface area contributed by atoms with E-state index in [0.717, 1.165) is 17.5 Å². The number of nitrogens with zero attached hydrogens (tertiary/aromatic N) is 3. The number of urea groups is 1. The molecule has 0 aliphatic heterocycles. The highest BCUT2D eigenvalue weighted by Gasteiger charge is 2.21. The molecular formula is C19H28N4O3. The summed E-state index contributed by atoms with van der Waals surface area (Å²) < 4.78 is 5.26. The van der Waals surface area contributed by atoms with E-state index in [9.17, 15) is 9.90 Å². The van der Waals surface area contributed by atoms with Crippen molar-refractivity contribution >= 4 is 6.03 Å². The molecule has 0 aliphatic rings. The Labute approximate surface area is 154 Å². The van der Waals surface area contributed by atoms with Gasteiger partial charge in [-0.05, 0) is 30.9 Å². The minimum Gasteiger partial charge on any atom is -0.395 e. The average molecular weight is 360 g/mol. The molecule has 0 aliphatic carbocycles. The number of benzene rings is 1. The van der Waals surface area contributed by atoms with Gasteiger partial charge in [0.25, 0.3) is 0 Å². The SMILES string of the molecule is Cc1ccccc1CN(CCO)C(=O)N[C@@H](C)c1nc(CC(C)C)no1. The summed E-state index contributed by atoms with van der Waals surface area (Å²) in [5, 5.41) is 16.1. The molecule has 0 fully saturated rings. The summed E-state index contributed by atoms with van der Waals surface area (Å²) in [6.07, 6.45) is 0.730. The Morgan fingerprint density at radius 3 is 2.69 bits per heavy atom. The lowest BCUT2D eigenvalue weighted by atomic mass is 10.1. The molecule has 0 saturated carbocycles. The van der Waals surface area contributed by atoms with E-state index >= 15 is 0 Å². The van der Waals surface area contributed by atoms with E-state index in [1.54, 1.807) is 11.8 Å². The quantitative estimate of drug-likeness (QED) is 0.755. The topological polar surface area (TPSA) is 91.5 Å². The van der Waals surface area contributed by atoms with Crippen LogP contribution in [0.15, 0.2) is 28.8 Å². The molecule has 0 saturated heterocycles. The van der Waals surface area contributed by atoms with E-state index < -0.39 is 6.04 Å². The minimum absolute atomic E-state index is 0.104. The number of hydrogen-bond acceptors (Lipinski definition) is 5. The first-order valence-electron chi connectivity index (χ1n) is 8.94. The van der Waals surface area contributed by atoms with Gasteiger partial charge in [-0.3, -0.25) is 0 Å². The van der Waals surface area contributed by atoms with E-state index in [0.29, 0.717) is 24.2 Å². The third-order valence-electron chi connectivity index (χ3n) is 4.06. The van der Waals surface area contributed by atoms with E-state index in [-0.39, 0.29) is 19.2 Å². The van der Waals surface area contributed by atoms with Crippen LogP contribution in [0.25, 0.3) is 0 Å². The maximum atomic E-state index is 12.6. The highest BCUT2D eigenvalue weighted by Crippen LogP contribution is 2.14. The van der Waals surface area contributed by atoms with Gasteiger partial charge in [0.1, 0.15) is 6.04 Å². The fourth-order valence-corrected chi connectivity index (χ4v) is 2.60. The number of aryl methyl sites for hydroxylation is 1. The molecule has 1 aromatic heterocycles. The molecule has 0 unspecified atom stereocenters. The minimum atomic E-state index is -0.408. The van der Waals surface area contributed by atoms with Crippen molar-refractivity contribution in [2.24, 2.45) is 5.92 Å². The number of aliphatic hydroxyl groups excluding tert-OH is 1. The zero-order valence-electron chi connectivity index (χ0n) is 15.9. The van der Waals surface area contributed by atoms with Crippen molar-refractivity contribution in [1.29, 1.82) is 0 Å². The lowest BCUT2D eigenvalue weighted by Gasteiger charge is -2.24. The summed E-state index contributed by atoms with van der Waals surface area (Å²) in [5.41, 5.74) is 2.15. The van der Waals surface area contributed by atoms with Gasteiger partial charge in [0, 0.05) is 19.5 Å². The van der Waals surface area contributed by atoms with Crippen LogP contribution < -0.4 is 5.32 Å². The summed E-state index contributed by atoms with van der Waals surface area (Å²) in [4.78, 5) is 18.6. The van der Waals surface area contributed by atoms with E-state index in [4.69, 9.17) is 4.52 Å². The van der Waals surface area contributed by atoms with E-state index in [2.05, 4.69) is 29.3 Å². The molecule has 142 valence electrons. The standard InChI is InChI=1S/C19H28N4O3/c1-13(2)11-17-21-18(26-22-17)15(4)20-19(25)23(9-10-24)12-16-8-6-5-7-14(16)3/h5-8,13,15,24H,9-12H2,1-4H3,(H,20,25)/t15-/m0/s1. The molecule has 0 spiro atoms. The van der Waals surface area contributed by atoms with Crippen molar-refractivity contribution in [3.63, 3.8) is 0 Å². The van der Waals surface area contributed by atoms with Gasteiger partial charge < -0.3 is 19.8 Å². The number of hydrogen-bond donors (Lipinski definition) is 2. The van der Waals surface area contributed by atoms with Gasteiger partial charge in [0.15, 0.2) is 5.82 Å². The van der Waals surface area contributed by atoms with Crippen LogP contribution in [0.1, 0.15) is 49.7 Å². The van der Waals surface area contributed by atoms with Crippen LogP contribution in [0, 0.1) is 12.8 Å². The Kier molecular flexibility index (Phi) is 7.15. The Bertz CT molecular complexity index is 714. The average Bonchev–Trinajstić information content (AvgIpc) is 3.04. The third kappa shape index (κ3) is 5.56. The van der Waals surface area contributed by atoms with E-state index in [1.165, 1.54) is 0 Å². The third-order valence-corrected chi connectivity index (χ3v) is 4.06. The highest BCUT2D eigenvalue weighted by molar-refractivity contribution is 5.74. The number of aliphatic hydroxyl groups is 1. The summed E-state index contributed by atoms with van der Waals surface area (Å²) in [5.74, 6) is 1.46. The van der Waals surface area contributed by atoms with Crippen molar-refractivity contribution < 1.29 is 14.4 Å². The van der Waals surface area contributed by atoms with E-state index in [1.807, 2.05) is 31.2 Å². The van der Waals surface area contributed by atoms with Crippen molar-refractivity contribution in [2.75, 3.05) is 13.2 Å². The molecular weight excluding hydrogens is 332 g/mol. The predicted octanol–water partition coefficient (Wildman–Crippen LogP) is 2.84. The van der Waals surface area contributed by atoms with Gasteiger partial charge in [0.2, 0.25) is 5.89 Å². The molecule has 1 heterocycles. The molecule has 2 aromatic rings. The molecule has 1 aromatic carbocycles. The van der Waals surface area contributed by atoms with Crippen LogP contribution in [0.2, 0.25) is 0 Å². The predicted molar refractivity (Wildman–Crippen MR) is 98.5 cm³/mol. The first-order valence-corrected chi connectivity index (χ1v) is 8.94. The second-order valence-corrected chi connectivity index (χ2v) is 6.89. The lowest BCUT2D eigenvalue weighted by Crippen LogP contribution is -2.42. The van der Waals surface area contributed by atoms with Crippen LogP contribution in [-0.4, -0.2) is 39.3 Å². The normalized spacial score (nSPS) is 12.2. The molecule has 0 radical (unpaired) electrons. The van der Waals surface area contributed by atoms with Crippen LogP contribution in [0.4, 0.5) is 4.79 Å². The molecule has 2 N–H and O–H groups in total. The second-order valence-electron chi connectivity index (χ2n) is 6.89. The summed E-state index contributed by atoms with van der Waals surface area (Å²) in [6, 6.07) is 7.19. The van der Waals surface area contributed by atoms with Crippen LogP contribution in [0.3, 0.4) is 0 Å². The van der Waals surface area contributed by atoms with Crippen molar-refractivity contribution in [2.45, 2.75) is 46.7 Å². The zero-order valence-corrected chi connectivity index (χ0v) is 15.9. The number of amides is 2. The van der Waals surface area contributed by atoms with Gasteiger partial charge in [-0.15, -0.1) is 0 Å². The van der Waals surface area contributed by atoms with Crippen molar-refractivity contribution in [1.82, 2.24) is 20.4 Å². The zero-order chi connectivity index (χ0) is 19.1. The molecule has 2 rings (SSSR count). The number of aromatic nitrogens is 2. The Morgan fingerprint density at radius 1 is 1.31 bits per heavy atom. The molecule has 26 heavy (non-hydrogen) atoms. The molecule has 1 atom stereocenters. The highest BCUT2D eigenvalue weighted by atomic mass is 16.5. The molecule has 0 bridgehead atoms. The Morgan fingerprint density at radius 2 is 2.04 bits per heavy atom. The number of carbonyl (C=O) groups excluding carboxylic acids is 1. The van der Waals surface area contributed by atoms with Gasteiger partial charge in [-0.25, -0.2) is 4.79 Å². The van der Waals surface area contributed by atoms with Gasteiger partial charge >= 0.3 is 6.03 Å².